The molecule has 0 bridgehead atoms. The van der Waals surface area contributed by atoms with E-state index in [4.69, 9.17) is 22.1 Å². The smallest absolute Gasteiger partial charge is 0.312 e. The lowest BCUT2D eigenvalue weighted by atomic mass is 10.0. The summed E-state index contributed by atoms with van der Waals surface area (Å²) < 4.78 is 5.78. The fraction of sp³-hybridized carbons (Fsp3) is 0.167. The zero-order chi connectivity index (χ0) is 19.8. The van der Waals surface area contributed by atoms with Crippen LogP contribution in [0.4, 0.5) is 10.5 Å². The lowest BCUT2D eigenvalue weighted by molar-refractivity contribution is -0.147. The van der Waals surface area contributed by atoms with E-state index in [0.717, 1.165) is 4.47 Å². The highest BCUT2D eigenvalue weighted by atomic mass is 79.9. The Bertz CT molecular complexity index is 847. The Hall–Kier alpha value is -2.58. The van der Waals surface area contributed by atoms with Crippen molar-refractivity contribution in [2.45, 2.75) is 12.5 Å². The number of anilines is 1. The van der Waals surface area contributed by atoms with Crippen molar-refractivity contribution in [1.82, 2.24) is 5.32 Å². The van der Waals surface area contributed by atoms with Crippen molar-refractivity contribution in [1.29, 1.82) is 0 Å². The summed E-state index contributed by atoms with van der Waals surface area (Å²) in [4.78, 5) is 35.2. The number of carbonyl (C=O) groups excluding carboxylic acids is 3. The van der Waals surface area contributed by atoms with Gasteiger partial charge < -0.3 is 21.1 Å². The number of halogens is 2. The van der Waals surface area contributed by atoms with E-state index in [1.54, 1.807) is 42.5 Å². The van der Waals surface area contributed by atoms with Crippen LogP contribution in [0.25, 0.3) is 0 Å². The zero-order valence-electron chi connectivity index (χ0n) is 14.1. The van der Waals surface area contributed by atoms with Crippen molar-refractivity contribution >= 4 is 51.1 Å². The number of nitrogens with two attached hydrogens (primary N) is 1. The Balaban J connectivity index is 1.92. The van der Waals surface area contributed by atoms with Crippen LogP contribution in [0.15, 0.2) is 53.0 Å². The van der Waals surface area contributed by atoms with Crippen LogP contribution >= 0.6 is 27.5 Å². The van der Waals surface area contributed by atoms with Crippen LogP contribution in [-0.2, 0) is 14.3 Å². The molecular weight excluding hydrogens is 438 g/mol. The van der Waals surface area contributed by atoms with Gasteiger partial charge in [0.2, 0.25) is 0 Å². The quantitative estimate of drug-likeness (QED) is 0.557. The molecule has 1 unspecified atom stereocenters. The summed E-state index contributed by atoms with van der Waals surface area (Å²) >= 11 is 9.40. The standard InChI is InChI=1S/C18H17BrClN3O4/c19-11-4-3-5-12(8-11)22-16(24)10-27-17(25)9-15(23-18(21)26)13-6-1-2-7-14(13)20/h1-8,15H,9-10H2,(H,22,24)(H3,21,23,26). The summed E-state index contributed by atoms with van der Waals surface area (Å²) in [6.45, 7) is -0.461. The van der Waals surface area contributed by atoms with Gasteiger partial charge in [0.25, 0.3) is 5.91 Å². The van der Waals surface area contributed by atoms with Crippen LogP contribution in [0.2, 0.25) is 5.02 Å². The van der Waals surface area contributed by atoms with E-state index in [2.05, 4.69) is 26.6 Å². The normalized spacial score (nSPS) is 11.3. The molecule has 0 radical (unpaired) electrons. The summed E-state index contributed by atoms with van der Waals surface area (Å²) in [7, 11) is 0. The molecule has 0 aliphatic rings. The maximum Gasteiger partial charge on any atom is 0.312 e. The van der Waals surface area contributed by atoms with Gasteiger partial charge in [-0.15, -0.1) is 0 Å². The number of urea groups is 1. The second-order valence-electron chi connectivity index (χ2n) is 5.51. The third-order valence-electron chi connectivity index (χ3n) is 3.44. The van der Waals surface area contributed by atoms with Crippen molar-refractivity contribution < 1.29 is 19.1 Å². The molecule has 0 heterocycles. The van der Waals surface area contributed by atoms with Gasteiger partial charge >= 0.3 is 12.0 Å². The number of esters is 1. The third-order valence-corrected chi connectivity index (χ3v) is 4.28. The molecule has 3 amide bonds. The molecule has 7 nitrogen and oxygen atoms in total. The molecule has 142 valence electrons. The van der Waals surface area contributed by atoms with Gasteiger partial charge in [-0.25, -0.2) is 4.79 Å². The number of carbonyl (C=O) groups is 3. The van der Waals surface area contributed by atoms with Crippen LogP contribution in [-0.4, -0.2) is 24.5 Å². The van der Waals surface area contributed by atoms with E-state index in [1.165, 1.54) is 0 Å². The van der Waals surface area contributed by atoms with Crippen LogP contribution in [0.1, 0.15) is 18.0 Å². The lowest BCUT2D eigenvalue weighted by Crippen LogP contribution is -2.35. The maximum absolute atomic E-state index is 12.1. The molecule has 0 saturated carbocycles. The van der Waals surface area contributed by atoms with Crippen LogP contribution in [0.5, 0.6) is 0 Å². The molecule has 2 aromatic rings. The molecule has 1 atom stereocenters. The number of benzene rings is 2. The average molecular weight is 455 g/mol. The van der Waals surface area contributed by atoms with Crippen LogP contribution in [0.3, 0.4) is 0 Å². The van der Waals surface area contributed by atoms with Crippen molar-refractivity contribution in [3.63, 3.8) is 0 Å². The Morgan fingerprint density at radius 3 is 2.56 bits per heavy atom. The largest absolute Gasteiger partial charge is 0.455 e. The van der Waals surface area contributed by atoms with E-state index in [1.807, 2.05) is 6.07 Å². The molecule has 4 N–H and O–H groups in total. The number of rotatable bonds is 7. The molecule has 0 aliphatic heterocycles. The fourth-order valence-corrected chi connectivity index (χ4v) is 2.97. The van der Waals surface area contributed by atoms with Gasteiger partial charge in [0, 0.05) is 15.2 Å². The summed E-state index contributed by atoms with van der Waals surface area (Å²) in [5, 5.41) is 5.43. The summed E-state index contributed by atoms with van der Waals surface area (Å²) in [6, 6.07) is 12.1. The zero-order valence-corrected chi connectivity index (χ0v) is 16.4. The Labute approximate surface area is 169 Å². The molecule has 27 heavy (non-hydrogen) atoms. The van der Waals surface area contributed by atoms with Gasteiger partial charge in [0.1, 0.15) is 0 Å². The first-order chi connectivity index (χ1) is 12.8. The van der Waals surface area contributed by atoms with Crippen molar-refractivity contribution in [2.75, 3.05) is 11.9 Å². The first-order valence-electron chi connectivity index (χ1n) is 7.86. The van der Waals surface area contributed by atoms with Gasteiger partial charge in [0.15, 0.2) is 6.61 Å². The number of primary amides is 1. The molecule has 2 aromatic carbocycles. The molecular formula is C18H17BrClN3O4. The lowest BCUT2D eigenvalue weighted by Gasteiger charge is -2.18. The van der Waals surface area contributed by atoms with Gasteiger partial charge in [0.05, 0.1) is 12.5 Å². The van der Waals surface area contributed by atoms with Crippen LogP contribution in [0, 0.1) is 0 Å². The minimum atomic E-state index is -0.805. The summed E-state index contributed by atoms with van der Waals surface area (Å²) in [6.07, 6.45) is -0.225. The topological polar surface area (TPSA) is 111 Å². The van der Waals surface area contributed by atoms with E-state index >= 15 is 0 Å². The van der Waals surface area contributed by atoms with Crippen LogP contribution < -0.4 is 16.4 Å². The molecule has 0 fully saturated rings. The number of amides is 3. The molecule has 0 saturated heterocycles. The van der Waals surface area contributed by atoms with E-state index in [-0.39, 0.29) is 6.42 Å². The predicted octanol–water partition coefficient (Wildman–Crippen LogP) is 3.38. The van der Waals surface area contributed by atoms with E-state index in [9.17, 15) is 14.4 Å². The highest BCUT2D eigenvalue weighted by Crippen LogP contribution is 2.25. The molecule has 9 heteroatoms. The number of hydrogen-bond donors (Lipinski definition) is 3. The predicted molar refractivity (Wildman–Crippen MR) is 105 cm³/mol. The van der Waals surface area contributed by atoms with E-state index in [0.29, 0.717) is 16.3 Å². The summed E-state index contributed by atoms with van der Waals surface area (Å²) in [5.74, 6) is -1.17. The van der Waals surface area contributed by atoms with Crippen molar-refractivity contribution in [2.24, 2.45) is 5.73 Å². The number of nitrogens with one attached hydrogen (secondary N) is 2. The third kappa shape index (κ3) is 6.92. The van der Waals surface area contributed by atoms with Crippen molar-refractivity contribution in [3.8, 4) is 0 Å². The number of hydrogen-bond acceptors (Lipinski definition) is 4. The van der Waals surface area contributed by atoms with Gasteiger partial charge in [-0.2, -0.15) is 0 Å². The Morgan fingerprint density at radius 1 is 1.15 bits per heavy atom. The van der Waals surface area contributed by atoms with Gasteiger partial charge in [-0.1, -0.05) is 51.8 Å². The molecule has 2 rings (SSSR count). The minimum Gasteiger partial charge on any atom is -0.455 e. The first kappa shape index (κ1) is 20.7. The minimum absolute atomic E-state index is 0.225. The monoisotopic (exact) mass is 453 g/mol. The SMILES string of the molecule is NC(=O)NC(CC(=O)OCC(=O)Nc1cccc(Br)c1)c1ccccc1Cl. The number of ether oxygens (including phenoxy) is 1. The highest BCUT2D eigenvalue weighted by Gasteiger charge is 2.21. The molecule has 0 aromatic heterocycles. The highest BCUT2D eigenvalue weighted by molar-refractivity contribution is 9.10. The first-order valence-corrected chi connectivity index (χ1v) is 9.03. The maximum atomic E-state index is 12.1. The molecule has 0 aliphatic carbocycles. The second kappa shape index (κ2) is 9.94. The Kier molecular flexibility index (Phi) is 7.63. The van der Waals surface area contributed by atoms with Gasteiger partial charge in [-0.05, 0) is 29.8 Å². The fourth-order valence-electron chi connectivity index (χ4n) is 2.30. The van der Waals surface area contributed by atoms with E-state index < -0.39 is 30.6 Å². The molecule has 0 spiro atoms. The Morgan fingerprint density at radius 2 is 1.89 bits per heavy atom. The van der Waals surface area contributed by atoms with Crippen molar-refractivity contribution in [3.05, 3.63) is 63.6 Å². The average Bonchev–Trinajstić information content (AvgIpc) is 2.59. The summed E-state index contributed by atoms with van der Waals surface area (Å²) in [5.41, 5.74) is 6.25. The second-order valence-corrected chi connectivity index (χ2v) is 6.83. The van der Waals surface area contributed by atoms with Gasteiger partial charge in [-0.3, -0.25) is 9.59 Å².